The first-order valence-electron chi connectivity index (χ1n) is 8.66. The van der Waals surface area contributed by atoms with Crippen LogP contribution in [0.4, 0.5) is 0 Å². The number of aryl methyl sites for hydroxylation is 1. The molecule has 0 aliphatic heterocycles. The van der Waals surface area contributed by atoms with Crippen LogP contribution in [0.3, 0.4) is 0 Å². The number of carbonyl (C=O) groups excluding carboxylic acids is 1. The lowest BCUT2D eigenvalue weighted by atomic mass is 10.1. The third-order valence-electron chi connectivity index (χ3n) is 3.76. The van der Waals surface area contributed by atoms with Gasteiger partial charge in [-0.25, -0.2) is 0 Å². The van der Waals surface area contributed by atoms with Gasteiger partial charge in [0.2, 0.25) is 11.8 Å². The molecule has 7 heteroatoms. The Bertz CT molecular complexity index is 876. The van der Waals surface area contributed by atoms with Gasteiger partial charge in [-0.3, -0.25) is 4.79 Å². The molecule has 0 atom stereocenters. The number of rotatable bonds is 8. The van der Waals surface area contributed by atoms with Crippen molar-refractivity contribution in [3.05, 3.63) is 59.7 Å². The van der Waals surface area contributed by atoms with Crippen molar-refractivity contribution in [2.45, 2.75) is 25.6 Å². The molecule has 1 amide bonds. The fraction of sp³-hybridized carbons (Fsp3) is 0.250. The molecule has 0 aliphatic carbocycles. The van der Waals surface area contributed by atoms with Gasteiger partial charge in [-0.2, -0.15) is 0 Å². The number of ether oxygens (including phenoxy) is 1. The molecule has 3 aromatic rings. The van der Waals surface area contributed by atoms with Crippen molar-refractivity contribution in [3.8, 4) is 17.2 Å². The summed E-state index contributed by atoms with van der Waals surface area (Å²) in [7, 11) is 0. The average Bonchev–Trinajstić information content (AvgIpc) is 3.16. The van der Waals surface area contributed by atoms with Crippen molar-refractivity contribution >= 4 is 17.7 Å². The molecule has 0 saturated heterocycles. The van der Waals surface area contributed by atoms with Gasteiger partial charge < -0.3 is 14.5 Å². The van der Waals surface area contributed by atoms with Gasteiger partial charge in [0.05, 0.1) is 12.4 Å². The van der Waals surface area contributed by atoms with Crippen LogP contribution < -0.4 is 10.1 Å². The third-order valence-corrected chi connectivity index (χ3v) is 4.57. The van der Waals surface area contributed by atoms with E-state index in [4.69, 9.17) is 9.15 Å². The Morgan fingerprint density at radius 3 is 2.56 bits per heavy atom. The summed E-state index contributed by atoms with van der Waals surface area (Å²) in [6.07, 6.45) is 0. The molecule has 0 spiro atoms. The lowest BCUT2D eigenvalue weighted by Crippen LogP contribution is -2.24. The molecule has 0 aliphatic rings. The number of amides is 1. The van der Waals surface area contributed by atoms with E-state index < -0.39 is 0 Å². The van der Waals surface area contributed by atoms with Crippen LogP contribution in [-0.4, -0.2) is 28.5 Å². The second-order valence-electron chi connectivity index (χ2n) is 5.88. The predicted octanol–water partition coefficient (Wildman–Crippen LogP) is 3.85. The summed E-state index contributed by atoms with van der Waals surface area (Å²) in [6, 6.07) is 15.5. The standard InChI is InChI=1S/C20H21N3O3S/c1-3-25-17-10-8-16(9-11-17)19-22-23-20(26-19)27-13-18(24)21-12-15-6-4-14(2)5-7-15/h4-11H,3,12-13H2,1-2H3,(H,21,24). The summed E-state index contributed by atoms with van der Waals surface area (Å²) >= 11 is 1.22. The van der Waals surface area contributed by atoms with Crippen molar-refractivity contribution < 1.29 is 13.9 Å². The predicted molar refractivity (Wildman–Crippen MR) is 105 cm³/mol. The van der Waals surface area contributed by atoms with Gasteiger partial charge in [-0.05, 0) is 43.7 Å². The smallest absolute Gasteiger partial charge is 0.277 e. The molecule has 0 saturated carbocycles. The van der Waals surface area contributed by atoms with Gasteiger partial charge in [-0.1, -0.05) is 41.6 Å². The van der Waals surface area contributed by atoms with Crippen LogP contribution in [-0.2, 0) is 11.3 Å². The molecule has 0 unspecified atom stereocenters. The van der Waals surface area contributed by atoms with Crippen molar-refractivity contribution in [2.24, 2.45) is 0 Å². The second kappa shape index (κ2) is 9.23. The Kier molecular flexibility index (Phi) is 6.49. The molecular formula is C20H21N3O3S. The molecule has 1 N–H and O–H groups in total. The summed E-state index contributed by atoms with van der Waals surface area (Å²) in [4.78, 5) is 12.0. The minimum atomic E-state index is -0.0820. The Balaban J connectivity index is 1.48. The fourth-order valence-electron chi connectivity index (χ4n) is 2.33. The summed E-state index contributed by atoms with van der Waals surface area (Å²) in [5.74, 6) is 1.35. The number of nitrogens with one attached hydrogen (secondary N) is 1. The van der Waals surface area contributed by atoms with Gasteiger partial charge >= 0.3 is 0 Å². The molecule has 0 fully saturated rings. The maximum absolute atomic E-state index is 12.0. The molecule has 0 bridgehead atoms. The number of aromatic nitrogens is 2. The minimum absolute atomic E-state index is 0.0820. The molecule has 1 aromatic heterocycles. The normalized spacial score (nSPS) is 10.6. The lowest BCUT2D eigenvalue weighted by Gasteiger charge is -2.04. The van der Waals surface area contributed by atoms with Crippen LogP contribution >= 0.6 is 11.8 Å². The first kappa shape index (κ1) is 19.0. The zero-order valence-corrected chi connectivity index (χ0v) is 16.1. The molecule has 2 aromatic carbocycles. The van der Waals surface area contributed by atoms with E-state index in [1.54, 1.807) is 0 Å². The van der Waals surface area contributed by atoms with E-state index >= 15 is 0 Å². The molecule has 1 heterocycles. The number of hydrogen-bond donors (Lipinski definition) is 1. The van der Waals surface area contributed by atoms with Crippen LogP contribution in [0.15, 0.2) is 58.2 Å². The third kappa shape index (κ3) is 5.59. The minimum Gasteiger partial charge on any atom is -0.494 e. The molecule has 0 radical (unpaired) electrons. The maximum Gasteiger partial charge on any atom is 0.277 e. The zero-order chi connectivity index (χ0) is 19.1. The van der Waals surface area contributed by atoms with Crippen molar-refractivity contribution in [1.29, 1.82) is 0 Å². The van der Waals surface area contributed by atoms with Crippen LogP contribution in [0, 0.1) is 6.92 Å². The van der Waals surface area contributed by atoms with E-state index in [0.717, 1.165) is 16.9 Å². The van der Waals surface area contributed by atoms with Crippen molar-refractivity contribution in [2.75, 3.05) is 12.4 Å². The molecule has 6 nitrogen and oxygen atoms in total. The Morgan fingerprint density at radius 1 is 1.11 bits per heavy atom. The van der Waals surface area contributed by atoms with Crippen molar-refractivity contribution in [1.82, 2.24) is 15.5 Å². The summed E-state index contributed by atoms with van der Waals surface area (Å²) in [5, 5.41) is 11.3. The maximum atomic E-state index is 12.0. The van der Waals surface area contributed by atoms with Crippen LogP contribution in [0.25, 0.3) is 11.5 Å². The molecule has 3 rings (SSSR count). The highest BCUT2D eigenvalue weighted by atomic mass is 32.2. The van der Waals surface area contributed by atoms with E-state index in [1.807, 2.05) is 62.4 Å². The largest absolute Gasteiger partial charge is 0.494 e. The average molecular weight is 383 g/mol. The van der Waals surface area contributed by atoms with Gasteiger partial charge in [-0.15, -0.1) is 10.2 Å². The molecule has 140 valence electrons. The topological polar surface area (TPSA) is 77.2 Å². The highest BCUT2D eigenvalue weighted by Gasteiger charge is 2.11. The van der Waals surface area contributed by atoms with E-state index in [0.29, 0.717) is 24.3 Å². The monoisotopic (exact) mass is 383 g/mol. The summed E-state index contributed by atoms with van der Waals surface area (Å²) in [5.41, 5.74) is 3.07. The second-order valence-corrected chi connectivity index (χ2v) is 6.81. The van der Waals surface area contributed by atoms with Gasteiger partial charge in [0, 0.05) is 12.1 Å². The first-order chi connectivity index (χ1) is 13.1. The zero-order valence-electron chi connectivity index (χ0n) is 15.3. The molecule has 27 heavy (non-hydrogen) atoms. The van der Waals surface area contributed by atoms with Crippen LogP contribution in [0.2, 0.25) is 0 Å². The van der Waals surface area contributed by atoms with E-state index in [2.05, 4.69) is 15.5 Å². The van der Waals surface area contributed by atoms with E-state index in [-0.39, 0.29) is 11.7 Å². The number of thioether (sulfide) groups is 1. The summed E-state index contributed by atoms with van der Waals surface area (Å²) < 4.78 is 11.0. The number of benzene rings is 2. The van der Waals surface area contributed by atoms with Gasteiger partial charge in [0.25, 0.3) is 5.22 Å². The Labute approximate surface area is 162 Å². The number of hydrogen-bond acceptors (Lipinski definition) is 6. The Morgan fingerprint density at radius 2 is 1.85 bits per heavy atom. The summed E-state index contributed by atoms with van der Waals surface area (Å²) in [6.45, 7) is 5.09. The first-order valence-corrected chi connectivity index (χ1v) is 9.64. The van der Waals surface area contributed by atoms with Crippen LogP contribution in [0.1, 0.15) is 18.1 Å². The van der Waals surface area contributed by atoms with Gasteiger partial charge in [0.1, 0.15) is 5.75 Å². The quantitative estimate of drug-likeness (QED) is 0.595. The van der Waals surface area contributed by atoms with E-state index in [1.165, 1.54) is 17.3 Å². The SMILES string of the molecule is CCOc1ccc(-c2nnc(SCC(=O)NCc3ccc(C)cc3)o2)cc1. The number of carbonyl (C=O) groups is 1. The fourth-order valence-corrected chi connectivity index (χ4v) is 2.92. The van der Waals surface area contributed by atoms with Crippen LogP contribution in [0.5, 0.6) is 5.75 Å². The highest BCUT2D eigenvalue weighted by Crippen LogP contribution is 2.24. The Hall–Kier alpha value is -2.80. The lowest BCUT2D eigenvalue weighted by molar-refractivity contribution is -0.118. The molecular weight excluding hydrogens is 362 g/mol. The highest BCUT2D eigenvalue weighted by molar-refractivity contribution is 7.99. The van der Waals surface area contributed by atoms with Crippen molar-refractivity contribution in [3.63, 3.8) is 0 Å². The van der Waals surface area contributed by atoms with Gasteiger partial charge in [0.15, 0.2) is 0 Å². The number of nitrogens with zero attached hydrogens (tertiary/aromatic N) is 2. The van der Waals surface area contributed by atoms with E-state index in [9.17, 15) is 4.79 Å².